The predicted octanol–water partition coefficient (Wildman–Crippen LogP) is 2.87. The van der Waals surface area contributed by atoms with Crippen LogP contribution in [0.4, 0.5) is 5.69 Å². The van der Waals surface area contributed by atoms with Crippen molar-refractivity contribution >= 4 is 17.3 Å². The molecular formula is C15H18ClN3. The zero-order chi connectivity index (χ0) is 13.7. The minimum absolute atomic E-state index is 0.617. The molecule has 0 aliphatic carbocycles. The Bertz CT molecular complexity index is 528. The largest absolute Gasteiger partial charge is 0.370 e. The molecule has 0 amide bonds. The van der Waals surface area contributed by atoms with E-state index in [1.54, 1.807) is 12.4 Å². The summed E-state index contributed by atoms with van der Waals surface area (Å²) in [7, 11) is 2.05. The van der Waals surface area contributed by atoms with Gasteiger partial charge in [-0.3, -0.25) is 4.98 Å². The molecule has 1 heterocycles. The van der Waals surface area contributed by atoms with E-state index in [4.69, 9.17) is 17.3 Å². The maximum atomic E-state index is 6.26. The zero-order valence-electron chi connectivity index (χ0n) is 11.0. The first-order valence-electron chi connectivity index (χ1n) is 6.29. The lowest BCUT2D eigenvalue weighted by Crippen LogP contribution is -2.16. The number of halogens is 1. The Labute approximate surface area is 119 Å². The van der Waals surface area contributed by atoms with Gasteiger partial charge in [0.1, 0.15) is 0 Å². The molecule has 2 rings (SSSR count). The Morgan fingerprint density at radius 3 is 2.58 bits per heavy atom. The van der Waals surface area contributed by atoms with Gasteiger partial charge in [-0.2, -0.15) is 0 Å². The van der Waals surface area contributed by atoms with Crippen LogP contribution in [0.1, 0.15) is 11.1 Å². The number of hydrogen-bond acceptors (Lipinski definition) is 3. The predicted molar refractivity (Wildman–Crippen MR) is 80.6 cm³/mol. The molecule has 0 saturated heterocycles. The summed E-state index contributed by atoms with van der Waals surface area (Å²) in [6, 6.07) is 10.2. The highest BCUT2D eigenvalue weighted by atomic mass is 35.5. The molecule has 0 atom stereocenters. The Morgan fingerprint density at radius 2 is 1.95 bits per heavy atom. The normalized spacial score (nSPS) is 10.5. The second-order valence-corrected chi connectivity index (χ2v) is 4.93. The van der Waals surface area contributed by atoms with Crippen molar-refractivity contribution in [3.05, 3.63) is 58.9 Å². The number of benzene rings is 1. The van der Waals surface area contributed by atoms with Gasteiger partial charge in [-0.15, -0.1) is 0 Å². The van der Waals surface area contributed by atoms with Crippen LogP contribution in [0.2, 0.25) is 5.02 Å². The van der Waals surface area contributed by atoms with Crippen LogP contribution in [0.3, 0.4) is 0 Å². The average molecular weight is 276 g/mol. The monoisotopic (exact) mass is 275 g/mol. The fourth-order valence-electron chi connectivity index (χ4n) is 1.99. The van der Waals surface area contributed by atoms with Gasteiger partial charge in [0.25, 0.3) is 0 Å². The van der Waals surface area contributed by atoms with E-state index in [1.165, 1.54) is 5.56 Å². The second-order valence-electron chi connectivity index (χ2n) is 4.53. The lowest BCUT2D eigenvalue weighted by Gasteiger charge is -2.20. The molecule has 0 aliphatic rings. The molecule has 0 unspecified atom stereocenters. The summed E-state index contributed by atoms with van der Waals surface area (Å²) < 4.78 is 0. The standard InChI is InChI=1S/C15H18ClN3/c1-19(11-12-5-8-18-9-6-12)14-3-2-13(4-7-17)15(16)10-14/h2-3,5-6,8-10H,4,7,11,17H2,1H3. The van der Waals surface area contributed by atoms with Crippen LogP contribution in [0.25, 0.3) is 0 Å². The molecule has 1 aromatic carbocycles. The number of aromatic nitrogens is 1. The number of rotatable bonds is 5. The summed E-state index contributed by atoms with van der Waals surface area (Å²) in [5.74, 6) is 0. The summed E-state index contributed by atoms with van der Waals surface area (Å²) in [4.78, 5) is 6.18. The van der Waals surface area contributed by atoms with Crippen molar-refractivity contribution < 1.29 is 0 Å². The van der Waals surface area contributed by atoms with Gasteiger partial charge < -0.3 is 10.6 Å². The van der Waals surface area contributed by atoms with E-state index in [9.17, 15) is 0 Å². The summed E-state index contributed by atoms with van der Waals surface area (Å²) in [6.07, 6.45) is 4.42. The fourth-order valence-corrected chi connectivity index (χ4v) is 2.25. The molecule has 2 N–H and O–H groups in total. The molecule has 4 heteroatoms. The number of anilines is 1. The van der Waals surface area contributed by atoms with Gasteiger partial charge in [0.2, 0.25) is 0 Å². The van der Waals surface area contributed by atoms with Crippen molar-refractivity contribution in [1.29, 1.82) is 0 Å². The number of pyridine rings is 1. The van der Waals surface area contributed by atoms with Gasteiger partial charge in [-0.25, -0.2) is 0 Å². The smallest absolute Gasteiger partial charge is 0.0459 e. The van der Waals surface area contributed by atoms with Crippen LogP contribution >= 0.6 is 11.6 Å². The molecule has 0 spiro atoms. The highest BCUT2D eigenvalue weighted by Crippen LogP contribution is 2.24. The Morgan fingerprint density at radius 1 is 1.21 bits per heavy atom. The maximum Gasteiger partial charge on any atom is 0.0459 e. The molecule has 19 heavy (non-hydrogen) atoms. The number of nitrogens with zero attached hydrogens (tertiary/aromatic N) is 2. The van der Waals surface area contributed by atoms with Crippen LogP contribution in [0, 0.1) is 0 Å². The molecule has 100 valence electrons. The lowest BCUT2D eigenvalue weighted by atomic mass is 10.1. The Balaban J connectivity index is 2.11. The van der Waals surface area contributed by atoms with E-state index < -0.39 is 0 Å². The van der Waals surface area contributed by atoms with Gasteiger partial charge >= 0.3 is 0 Å². The van der Waals surface area contributed by atoms with E-state index >= 15 is 0 Å². The van der Waals surface area contributed by atoms with Gasteiger partial charge in [-0.05, 0) is 48.4 Å². The molecule has 2 aromatic rings. The van der Waals surface area contributed by atoms with Crippen LogP contribution in [-0.4, -0.2) is 18.6 Å². The van der Waals surface area contributed by atoms with Crippen LogP contribution < -0.4 is 10.6 Å². The third-order valence-corrected chi connectivity index (χ3v) is 3.41. The summed E-state index contributed by atoms with van der Waals surface area (Å²) in [5.41, 5.74) is 8.98. The van der Waals surface area contributed by atoms with Crippen molar-refractivity contribution in [2.75, 3.05) is 18.5 Å². The highest BCUT2D eigenvalue weighted by Gasteiger charge is 2.06. The molecule has 0 bridgehead atoms. The van der Waals surface area contributed by atoms with Crippen LogP contribution in [-0.2, 0) is 13.0 Å². The topological polar surface area (TPSA) is 42.2 Å². The summed E-state index contributed by atoms with van der Waals surface area (Å²) >= 11 is 6.26. The van der Waals surface area contributed by atoms with Gasteiger partial charge in [0.05, 0.1) is 0 Å². The molecule has 0 radical (unpaired) electrons. The van der Waals surface area contributed by atoms with Gasteiger partial charge in [-0.1, -0.05) is 17.7 Å². The summed E-state index contributed by atoms with van der Waals surface area (Å²) in [6.45, 7) is 1.45. The van der Waals surface area contributed by atoms with Crippen molar-refractivity contribution in [2.24, 2.45) is 5.73 Å². The Hall–Kier alpha value is -1.58. The highest BCUT2D eigenvalue weighted by molar-refractivity contribution is 6.31. The Kier molecular flexibility index (Phi) is 4.77. The molecule has 3 nitrogen and oxygen atoms in total. The third kappa shape index (κ3) is 3.69. The maximum absolute atomic E-state index is 6.26. The zero-order valence-corrected chi connectivity index (χ0v) is 11.8. The fraction of sp³-hybridized carbons (Fsp3) is 0.267. The third-order valence-electron chi connectivity index (χ3n) is 3.06. The first kappa shape index (κ1) is 13.8. The van der Waals surface area contributed by atoms with E-state index in [2.05, 4.69) is 23.0 Å². The van der Waals surface area contributed by atoms with E-state index in [0.29, 0.717) is 6.54 Å². The van der Waals surface area contributed by atoms with Crippen LogP contribution in [0.15, 0.2) is 42.7 Å². The van der Waals surface area contributed by atoms with Crippen LogP contribution in [0.5, 0.6) is 0 Å². The van der Waals surface area contributed by atoms with Crippen molar-refractivity contribution in [1.82, 2.24) is 4.98 Å². The van der Waals surface area contributed by atoms with Crippen molar-refractivity contribution in [3.63, 3.8) is 0 Å². The molecule has 0 fully saturated rings. The number of hydrogen-bond donors (Lipinski definition) is 1. The SMILES string of the molecule is CN(Cc1ccncc1)c1ccc(CCN)c(Cl)c1. The molecular weight excluding hydrogens is 258 g/mol. The molecule has 0 saturated carbocycles. The average Bonchev–Trinajstić information content (AvgIpc) is 2.42. The first-order valence-corrected chi connectivity index (χ1v) is 6.67. The van der Waals surface area contributed by atoms with Gasteiger partial charge in [0.15, 0.2) is 0 Å². The molecule has 1 aromatic heterocycles. The minimum Gasteiger partial charge on any atom is -0.370 e. The van der Waals surface area contributed by atoms with E-state index in [0.717, 1.165) is 29.2 Å². The minimum atomic E-state index is 0.617. The summed E-state index contributed by atoms with van der Waals surface area (Å²) in [5, 5.41) is 0.782. The van der Waals surface area contributed by atoms with Crippen molar-refractivity contribution in [3.8, 4) is 0 Å². The lowest BCUT2D eigenvalue weighted by molar-refractivity contribution is 0.916. The first-order chi connectivity index (χ1) is 9.20. The van der Waals surface area contributed by atoms with Crippen molar-refractivity contribution in [2.45, 2.75) is 13.0 Å². The van der Waals surface area contributed by atoms with E-state index in [1.807, 2.05) is 24.3 Å². The molecule has 0 aliphatic heterocycles. The van der Waals surface area contributed by atoms with E-state index in [-0.39, 0.29) is 0 Å². The second kappa shape index (κ2) is 6.55. The quantitative estimate of drug-likeness (QED) is 0.912. The van der Waals surface area contributed by atoms with Gasteiger partial charge in [0, 0.05) is 36.7 Å². The number of nitrogens with two attached hydrogens (primary N) is 1.